The maximum Gasteiger partial charge on any atom is 0.293 e. The van der Waals surface area contributed by atoms with Gasteiger partial charge in [0.2, 0.25) is 0 Å². The highest BCUT2D eigenvalue weighted by Gasteiger charge is 2.34. The molecule has 1 N–H and O–H groups in total. The van der Waals surface area contributed by atoms with E-state index in [1.165, 1.54) is 4.90 Å². The van der Waals surface area contributed by atoms with Crippen LogP contribution in [-0.2, 0) is 4.79 Å². The Balaban J connectivity index is 1.39. The van der Waals surface area contributed by atoms with Gasteiger partial charge in [0.15, 0.2) is 0 Å². The molecule has 4 rings (SSSR count). The fourth-order valence-electron chi connectivity index (χ4n) is 3.71. The van der Waals surface area contributed by atoms with Crippen molar-refractivity contribution in [1.82, 2.24) is 19.8 Å². The van der Waals surface area contributed by atoms with Gasteiger partial charge in [0, 0.05) is 30.7 Å². The number of pyridine rings is 1. The lowest BCUT2D eigenvalue weighted by molar-refractivity contribution is -0.122. The predicted molar refractivity (Wildman–Crippen MR) is 129 cm³/mol. The van der Waals surface area contributed by atoms with Crippen LogP contribution in [0.4, 0.5) is 4.79 Å². The molecular formula is C25H24N4O3S. The van der Waals surface area contributed by atoms with E-state index in [4.69, 9.17) is 0 Å². The summed E-state index contributed by atoms with van der Waals surface area (Å²) in [5.41, 5.74) is 4.19. The van der Waals surface area contributed by atoms with Gasteiger partial charge in [0.1, 0.15) is 5.82 Å². The highest BCUT2D eigenvalue weighted by atomic mass is 32.2. The molecule has 33 heavy (non-hydrogen) atoms. The summed E-state index contributed by atoms with van der Waals surface area (Å²) in [7, 11) is 0. The Kier molecular flexibility index (Phi) is 6.46. The smallest absolute Gasteiger partial charge is 0.293 e. The number of nitrogens with zero attached hydrogens (tertiary/aromatic N) is 3. The van der Waals surface area contributed by atoms with Gasteiger partial charge in [-0.05, 0) is 62.4 Å². The number of hydrogen-bond acceptors (Lipinski definition) is 5. The summed E-state index contributed by atoms with van der Waals surface area (Å²) in [4.78, 5) is 43.7. The number of imide groups is 1. The molecular weight excluding hydrogens is 436 g/mol. The molecule has 0 spiro atoms. The monoisotopic (exact) mass is 460 g/mol. The SMILES string of the molecule is Cc1ccc(/C=C2\SC(=O)N(CCNC(=O)c3cc(C)n(-c4ccccn4)c3C)C2=O)cc1. The second-order valence-corrected chi connectivity index (χ2v) is 8.80. The summed E-state index contributed by atoms with van der Waals surface area (Å²) >= 11 is 0.917. The molecule has 8 heteroatoms. The Hall–Kier alpha value is -3.65. The van der Waals surface area contributed by atoms with E-state index in [1.807, 2.05) is 73.9 Å². The van der Waals surface area contributed by atoms with E-state index in [0.717, 1.165) is 40.1 Å². The van der Waals surface area contributed by atoms with Gasteiger partial charge in [0.25, 0.3) is 17.1 Å². The van der Waals surface area contributed by atoms with E-state index in [0.29, 0.717) is 10.5 Å². The average molecular weight is 461 g/mol. The van der Waals surface area contributed by atoms with E-state index in [9.17, 15) is 14.4 Å². The third kappa shape index (κ3) is 4.75. The molecule has 0 aliphatic carbocycles. The Morgan fingerprint density at radius 2 is 1.85 bits per heavy atom. The lowest BCUT2D eigenvalue weighted by Gasteiger charge is -2.13. The summed E-state index contributed by atoms with van der Waals surface area (Å²) in [5, 5.41) is 2.49. The Morgan fingerprint density at radius 1 is 1.09 bits per heavy atom. The lowest BCUT2D eigenvalue weighted by Crippen LogP contribution is -2.37. The van der Waals surface area contributed by atoms with Crippen molar-refractivity contribution < 1.29 is 14.4 Å². The fourth-order valence-corrected chi connectivity index (χ4v) is 4.58. The molecule has 1 aromatic carbocycles. The molecule has 0 radical (unpaired) electrons. The Morgan fingerprint density at radius 3 is 2.55 bits per heavy atom. The van der Waals surface area contributed by atoms with E-state index < -0.39 is 0 Å². The summed E-state index contributed by atoms with van der Waals surface area (Å²) < 4.78 is 1.92. The molecule has 0 unspecified atom stereocenters. The third-order valence-electron chi connectivity index (χ3n) is 5.42. The van der Waals surface area contributed by atoms with Crippen molar-refractivity contribution in [1.29, 1.82) is 0 Å². The molecule has 0 bridgehead atoms. The maximum atomic E-state index is 12.8. The number of nitrogens with one attached hydrogen (secondary N) is 1. The van der Waals surface area contributed by atoms with Crippen molar-refractivity contribution in [3.05, 3.63) is 87.7 Å². The van der Waals surface area contributed by atoms with Crippen LogP contribution in [0.2, 0.25) is 0 Å². The van der Waals surface area contributed by atoms with Gasteiger partial charge in [-0.2, -0.15) is 0 Å². The Bertz CT molecular complexity index is 1250. The quantitative estimate of drug-likeness (QED) is 0.556. The second kappa shape index (κ2) is 9.46. The third-order valence-corrected chi connectivity index (χ3v) is 6.33. The minimum absolute atomic E-state index is 0.112. The van der Waals surface area contributed by atoms with Crippen molar-refractivity contribution in [2.45, 2.75) is 20.8 Å². The van der Waals surface area contributed by atoms with Gasteiger partial charge in [-0.1, -0.05) is 35.9 Å². The van der Waals surface area contributed by atoms with Crippen LogP contribution in [0.25, 0.3) is 11.9 Å². The summed E-state index contributed by atoms with van der Waals surface area (Å²) in [6.45, 7) is 6.05. The maximum absolute atomic E-state index is 12.8. The molecule has 2 aromatic heterocycles. The highest BCUT2D eigenvalue weighted by molar-refractivity contribution is 8.18. The van der Waals surface area contributed by atoms with Crippen LogP contribution in [-0.4, -0.2) is 44.6 Å². The number of aryl methyl sites for hydroxylation is 2. The predicted octanol–water partition coefficient (Wildman–Crippen LogP) is 4.26. The van der Waals surface area contributed by atoms with E-state index in [2.05, 4.69) is 10.3 Å². The zero-order valence-electron chi connectivity index (χ0n) is 18.7. The first kappa shape index (κ1) is 22.5. The molecule has 3 heterocycles. The van der Waals surface area contributed by atoms with Gasteiger partial charge in [-0.25, -0.2) is 4.98 Å². The van der Waals surface area contributed by atoms with Crippen LogP contribution in [0.1, 0.15) is 32.9 Å². The summed E-state index contributed by atoms with van der Waals surface area (Å²) in [6.07, 6.45) is 3.42. The van der Waals surface area contributed by atoms with E-state index in [-0.39, 0.29) is 30.1 Å². The molecule has 1 aliphatic rings. The molecule has 3 aromatic rings. The van der Waals surface area contributed by atoms with Gasteiger partial charge >= 0.3 is 0 Å². The highest BCUT2D eigenvalue weighted by Crippen LogP contribution is 2.32. The molecule has 168 valence electrons. The summed E-state index contributed by atoms with van der Waals surface area (Å²) in [6, 6.07) is 15.1. The van der Waals surface area contributed by atoms with Gasteiger partial charge in [0.05, 0.1) is 10.5 Å². The van der Waals surface area contributed by atoms with Crippen LogP contribution < -0.4 is 5.32 Å². The number of aromatic nitrogens is 2. The first-order valence-electron chi connectivity index (χ1n) is 10.6. The topological polar surface area (TPSA) is 84.3 Å². The molecule has 3 amide bonds. The minimum Gasteiger partial charge on any atom is -0.350 e. The molecule has 0 saturated carbocycles. The number of carbonyl (C=O) groups is 3. The van der Waals surface area contributed by atoms with Crippen molar-refractivity contribution in [2.24, 2.45) is 0 Å². The second-order valence-electron chi connectivity index (χ2n) is 7.81. The standard InChI is InChI=1S/C25H24N4O3S/c1-16-7-9-19(10-8-16)15-21-24(31)28(25(32)33-21)13-12-27-23(30)20-14-17(2)29(18(20)3)22-6-4-5-11-26-22/h4-11,14-15H,12-13H2,1-3H3,(H,27,30)/b21-15-. The first-order chi connectivity index (χ1) is 15.8. The fraction of sp³-hybridized carbons (Fsp3) is 0.200. The minimum atomic E-state index is -0.340. The molecule has 7 nitrogen and oxygen atoms in total. The average Bonchev–Trinajstić information content (AvgIpc) is 3.25. The van der Waals surface area contributed by atoms with Gasteiger partial charge in [-0.15, -0.1) is 0 Å². The van der Waals surface area contributed by atoms with Gasteiger partial charge in [-0.3, -0.25) is 19.3 Å². The van der Waals surface area contributed by atoms with Crippen molar-refractivity contribution in [3.8, 4) is 5.82 Å². The number of thioether (sulfide) groups is 1. The number of amides is 3. The number of rotatable bonds is 6. The molecule has 1 aliphatic heterocycles. The van der Waals surface area contributed by atoms with Crippen molar-refractivity contribution >= 4 is 34.9 Å². The summed E-state index contributed by atoms with van der Waals surface area (Å²) in [5.74, 6) is 0.144. The number of hydrogen-bond donors (Lipinski definition) is 1. The molecule has 1 saturated heterocycles. The molecule has 1 fully saturated rings. The van der Waals surface area contributed by atoms with Crippen LogP contribution in [0.3, 0.4) is 0 Å². The van der Waals surface area contributed by atoms with Crippen molar-refractivity contribution in [3.63, 3.8) is 0 Å². The molecule has 0 atom stereocenters. The Labute approximate surface area is 196 Å². The van der Waals surface area contributed by atoms with Gasteiger partial charge < -0.3 is 9.88 Å². The largest absolute Gasteiger partial charge is 0.350 e. The van der Waals surface area contributed by atoms with Crippen LogP contribution in [0.15, 0.2) is 59.6 Å². The number of benzene rings is 1. The van der Waals surface area contributed by atoms with E-state index >= 15 is 0 Å². The van der Waals surface area contributed by atoms with Crippen LogP contribution in [0.5, 0.6) is 0 Å². The van der Waals surface area contributed by atoms with Crippen LogP contribution >= 0.6 is 11.8 Å². The van der Waals surface area contributed by atoms with Crippen LogP contribution in [0, 0.1) is 20.8 Å². The van der Waals surface area contributed by atoms with E-state index in [1.54, 1.807) is 12.3 Å². The zero-order chi connectivity index (χ0) is 23.5. The lowest BCUT2D eigenvalue weighted by atomic mass is 10.1. The van der Waals surface area contributed by atoms with Crippen molar-refractivity contribution in [2.75, 3.05) is 13.1 Å². The number of carbonyl (C=O) groups excluding carboxylic acids is 3. The normalized spacial score (nSPS) is 14.9. The zero-order valence-corrected chi connectivity index (χ0v) is 19.5. The first-order valence-corrected chi connectivity index (χ1v) is 11.4.